The predicted octanol–water partition coefficient (Wildman–Crippen LogP) is 4.39. The van der Waals surface area contributed by atoms with Crippen molar-refractivity contribution in [3.05, 3.63) is 46.4 Å². The van der Waals surface area contributed by atoms with E-state index in [-0.39, 0.29) is 18.9 Å². The van der Waals surface area contributed by atoms with Crippen LogP contribution in [0.5, 0.6) is 0 Å². The highest BCUT2D eigenvalue weighted by atomic mass is 32.2. The van der Waals surface area contributed by atoms with Crippen LogP contribution >= 0.6 is 24.0 Å². The molecule has 1 aliphatic carbocycles. The van der Waals surface area contributed by atoms with Crippen LogP contribution in [0.2, 0.25) is 0 Å². The lowest BCUT2D eigenvalue weighted by Gasteiger charge is -2.25. The van der Waals surface area contributed by atoms with E-state index in [1.165, 1.54) is 47.2 Å². The molecule has 1 saturated heterocycles. The molecule has 152 valence electrons. The first-order valence-corrected chi connectivity index (χ1v) is 11.3. The molecular formula is C22H24N2O3S2. The Balaban J connectivity index is 1.48. The number of allylic oxidation sites excluding steroid dienone is 2. The first kappa shape index (κ1) is 20.2. The number of nitrogens with zero attached hydrogens (tertiary/aromatic N) is 2. The van der Waals surface area contributed by atoms with Gasteiger partial charge in [-0.2, -0.15) is 0 Å². The number of aliphatic carboxylic acids is 1. The van der Waals surface area contributed by atoms with E-state index in [2.05, 4.69) is 30.0 Å². The lowest BCUT2D eigenvalue weighted by Crippen LogP contribution is -2.30. The van der Waals surface area contributed by atoms with Gasteiger partial charge in [-0.15, -0.1) is 0 Å². The Bertz CT molecular complexity index is 925. The lowest BCUT2D eigenvalue weighted by atomic mass is 9.96. The molecule has 2 heterocycles. The molecule has 4 rings (SSSR count). The number of hydrogen-bond acceptors (Lipinski definition) is 5. The summed E-state index contributed by atoms with van der Waals surface area (Å²) < 4.78 is 0.417. The molecule has 0 radical (unpaired) electrons. The molecule has 2 aliphatic heterocycles. The van der Waals surface area contributed by atoms with Gasteiger partial charge in [0, 0.05) is 30.7 Å². The van der Waals surface area contributed by atoms with Crippen molar-refractivity contribution in [2.45, 2.75) is 44.6 Å². The zero-order chi connectivity index (χ0) is 20.5. The zero-order valence-corrected chi connectivity index (χ0v) is 18.0. The van der Waals surface area contributed by atoms with Crippen LogP contribution in [0.1, 0.15) is 49.7 Å². The topological polar surface area (TPSA) is 60.9 Å². The van der Waals surface area contributed by atoms with Crippen LogP contribution in [0.15, 0.2) is 35.3 Å². The summed E-state index contributed by atoms with van der Waals surface area (Å²) in [5, 5.41) is 8.82. The van der Waals surface area contributed by atoms with Crippen LogP contribution in [-0.2, 0) is 9.59 Å². The summed E-state index contributed by atoms with van der Waals surface area (Å²) in [5.74, 6) is -0.512. The number of hydrogen-bond donors (Lipinski definition) is 1. The van der Waals surface area contributed by atoms with Crippen molar-refractivity contribution >= 4 is 51.9 Å². The summed E-state index contributed by atoms with van der Waals surface area (Å²) in [6, 6.07) is 7.30. The van der Waals surface area contributed by atoms with Crippen molar-refractivity contribution in [2.75, 3.05) is 18.0 Å². The van der Waals surface area contributed by atoms with Gasteiger partial charge in [-0.25, -0.2) is 0 Å². The number of thiocarbonyl (C=S) groups is 1. The Morgan fingerprint density at radius 1 is 1.38 bits per heavy atom. The van der Waals surface area contributed by atoms with Crippen LogP contribution in [0.25, 0.3) is 6.08 Å². The van der Waals surface area contributed by atoms with E-state index in [9.17, 15) is 9.59 Å². The third-order valence-electron chi connectivity index (χ3n) is 5.94. The van der Waals surface area contributed by atoms with E-state index in [0.717, 1.165) is 12.1 Å². The summed E-state index contributed by atoms with van der Waals surface area (Å²) in [5.41, 5.74) is 3.96. The van der Waals surface area contributed by atoms with Gasteiger partial charge in [0.05, 0.1) is 11.3 Å². The number of benzene rings is 1. The fraction of sp³-hybridized carbons (Fsp3) is 0.409. The maximum Gasteiger partial charge on any atom is 0.305 e. The van der Waals surface area contributed by atoms with Crippen LogP contribution < -0.4 is 4.90 Å². The Hall–Kier alpha value is -2.12. The quantitative estimate of drug-likeness (QED) is 0.535. The molecule has 1 N–H and O–H groups in total. The predicted molar refractivity (Wildman–Crippen MR) is 121 cm³/mol. The molecular weight excluding hydrogens is 404 g/mol. The molecule has 0 spiro atoms. The van der Waals surface area contributed by atoms with Gasteiger partial charge in [-0.05, 0) is 49.1 Å². The van der Waals surface area contributed by atoms with E-state index in [4.69, 9.17) is 17.3 Å². The van der Waals surface area contributed by atoms with E-state index in [0.29, 0.717) is 21.2 Å². The molecule has 1 saturated carbocycles. The number of rotatable bonds is 6. The summed E-state index contributed by atoms with van der Waals surface area (Å²) in [7, 11) is 0. The normalized spacial score (nSPS) is 24.8. The van der Waals surface area contributed by atoms with Gasteiger partial charge in [-0.1, -0.05) is 48.6 Å². The molecule has 2 fully saturated rings. The highest BCUT2D eigenvalue weighted by Crippen LogP contribution is 2.49. The number of fused-ring (bicyclic) bond motifs is 3. The molecule has 7 heteroatoms. The SMILES string of the molecule is CCN1c2ccc(C=CC=C3SC(=S)N(CCC(=O)O)C3=O)cc2C2CCCC21. The highest BCUT2D eigenvalue weighted by Gasteiger charge is 2.40. The average molecular weight is 429 g/mol. The molecule has 29 heavy (non-hydrogen) atoms. The lowest BCUT2D eigenvalue weighted by molar-refractivity contribution is -0.137. The van der Waals surface area contributed by atoms with E-state index in [1.807, 2.05) is 12.2 Å². The highest BCUT2D eigenvalue weighted by molar-refractivity contribution is 8.26. The molecule has 0 aromatic heterocycles. The monoisotopic (exact) mass is 428 g/mol. The van der Waals surface area contributed by atoms with E-state index in [1.54, 1.807) is 6.08 Å². The third kappa shape index (κ3) is 3.85. The Kier molecular flexibility index (Phi) is 5.79. The number of anilines is 1. The Morgan fingerprint density at radius 3 is 2.97 bits per heavy atom. The Morgan fingerprint density at radius 2 is 2.21 bits per heavy atom. The van der Waals surface area contributed by atoms with Gasteiger partial charge >= 0.3 is 5.97 Å². The number of thioether (sulfide) groups is 1. The molecule has 0 bridgehead atoms. The zero-order valence-electron chi connectivity index (χ0n) is 16.3. The molecule has 5 nitrogen and oxygen atoms in total. The van der Waals surface area contributed by atoms with E-state index >= 15 is 0 Å². The van der Waals surface area contributed by atoms with Gasteiger partial charge in [0.1, 0.15) is 4.32 Å². The number of amides is 1. The fourth-order valence-electron chi connectivity index (χ4n) is 4.66. The third-order valence-corrected chi connectivity index (χ3v) is 7.34. The molecule has 1 aromatic rings. The van der Waals surface area contributed by atoms with Crippen LogP contribution in [0.4, 0.5) is 5.69 Å². The van der Waals surface area contributed by atoms with Crippen molar-refractivity contribution < 1.29 is 14.7 Å². The van der Waals surface area contributed by atoms with Crippen molar-refractivity contribution in [2.24, 2.45) is 0 Å². The second-order valence-corrected chi connectivity index (χ2v) is 9.24. The summed E-state index contributed by atoms with van der Waals surface area (Å²) in [6.07, 6.45) is 9.40. The smallest absolute Gasteiger partial charge is 0.305 e. The maximum absolute atomic E-state index is 12.4. The minimum atomic E-state index is -0.939. The maximum atomic E-state index is 12.4. The van der Waals surface area contributed by atoms with Gasteiger partial charge in [-0.3, -0.25) is 14.5 Å². The van der Waals surface area contributed by atoms with Crippen molar-refractivity contribution in [1.82, 2.24) is 4.90 Å². The van der Waals surface area contributed by atoms with Crippen LogP contribution in [-0.4, -0.2) is 45.3 Å². The number of carbonyl (C=O) groups is 2. The first-order chi connectivity index (χ1) is 14.0. The van der Waals surface area contributed by atoms with Crippen molar-refractivity contribution in [3.8, 4) is 0 Å². The molecule has 2 unspecified atom stereocenters. The molecule has 1 amide bonds. The molecule has 3 aliphatic rings. The summed E-state index contributed by atoms with van der Waals surface area (Å²) in [4.78, 5) is 27.6. The van der Waals surface area contributed by atoms with Gasteiger partial charge < -0.3 is 10.0 Å². The minimum Gasteiger partial charge on any atom is -0.481 e. The van der Waals surface area contributed by atoms with Crippen LogP contribution in [0.3, 0.4) is 0 Å². The van der Waals surface area contributed by atoms with E-state index < -0.39 is 5.97 Å². The average Bonchev–Trinajstić information content (AvgIpc) is 3.34. The number of carbonyl (C=O) groups excluding carboxylic acids is 1. The molecule has 2 atom stereocenters. The van der Waals surface area contributed by atoms with Crippen molar-refractivity contribution in [1.29, 1.82) is 0 Å². The largest absolute Gasteiger partial charge is 0.481 e. The van der Waals surface area contributed by atoms with Crippen molar-refractivity contribution in [3.63, 3.8) is 0 Å². The standard InChI is InChI=1S/C22H24N2O3S2/c1-2-23-17-7-4-6-15(17)16-13-14(9-10-18(16)23)5-3-8-19-21(27)24(22(28)29-19)12-11-20(25)26/h3,5,8-10,13,15,17H,2,4,6-7,11-12H2,1H3,(H,25,26). The Labute approximate surface area is 180 Å². The molecule has 1 aromatic carbocycles. The fourth-order valence-corrected chi connectivity index (χ4v) is 5.92. The van der Waals surface area contributed by atoms with Gasteiger partial charge in [0.2, 0.25) is 0 Å². The minimum absolute atomic E-state index is 0.110. The van der Waals surface area contributed by atoms with Gasteiger partial charge in [0.25, 0.3) is 5.91 Å². The second kappa shape index (κ2) is 8.32. The van der Waals surface area contributed by atoms with Gasteiger partial charge in [0.15, 0.2) is 0 Å². The number of carboxylic acid groups (broad SMARTS) is 1. The summed E-state index contributed by atoms with van der Waals surface area (Å²) in [6.45, 7) is 3.39. The first-order valence-electron chi connectivity index (χ1n) is 10.0. The second-order valence-electron chi connectivity index (χ2n) is 7.57. The number of carboxylic acids is 1. The van der Waals surface area contributed by atoms with Crippen LogP contribution in [0, 0.1) is 0 Å². The summed E-state index contributed by atoms with van der Waals surface area (Å²) >= 11 is 6.44. The number of likely N-dealkylation sites (N-methyl/N-ethyl adjacent to an activating group) is 1.